The number of anilines is 1. The number of halogens is 2. The number of amides is 1. The number of nitrogens with one attached hydrogen (secondary N) is 1. The van der Waals surface area contributed by atoms with Crippen molar-refractivity contribution in [3.05, 3.63) is 122 Å². The molecule has 0 aliphatic rings. The highest BCUT2D eigenvalue weighted by Gasteiger charge is 2.14. The Morgan fingerprint density at radius 3 is 2.41 bits per heavy atom. The first-order valence-electron chi connectivity index (χ1n) is 12.9. The van der Waals surface area contributed by atoms with Gasteiger partial charge in [-0.3, -0.25) is 4.79 Å². The van der Waals surface area contributed by atoms with Crippen LogP contribution in [0.4, 0.5) is 5.69 Å². The normalized spacial score (nSPS) is 10.9. The zero-order valence-corrected chi connectivity index (χ0v) is 25.2. The predicted octanol–water partition coefficient (Wildman–Crippen LogP) is 8.57. The van der Waals surface area contributed by atoms with Gasteiger partial charge in [0, 0.05) is 27.9 Å². The van der Waals surface area contributed by atoms with Gasteiger partial charge in [0.25, 0.3) is 5.91 Å². The molecule has 210 valence electrons. The van der Waals surface area contributed by atoms with Crippen LogP contribution in [0.3, 0.4) is 0 Å². The maximum Gasteiger partial charge on any atom is 0.336 e. The number of aryl methyl sites for hydroxylation is 2. The summed E-state index contributed by atoms with van der Waals surface area (Å²) < 4.78 is 17.9. The van der Waals surface area contributed by atoms with Crippen molar-refractivity contribution >= 4 is 51.2 Å². The number of ether oxygens (including phenoxy) is 3. The van der Waals surface area contributed by atoms with Crippen LogP contribution in [-0.2, 0) is 11.4 Å². The van der Waals surface area contributed by atoms with E-state index in [1.54, 1.807) is 36.4 Å². The monoisotopic (exact) mass is 633 g/mol. The summed E-state index contributed by atoms with van der Waals surface area (Å²) in [7, 11) is 0. The predicted molar refractivity (Wildman–Crippen MR) is 166 cm³/mol. The molecule has 0 aliphatic carbocycles. The molecule has 4 aromatic rings. The number of hydrogen-bond donors (Lipinski definition) is 1. The molecule has 0 aliphatic heterocycles. The number of esters is 1. The first kappa shape index (κ1) is 29.9. The smallest absolute Gasteiger partial charge is 0.336 e. The van der Waals surface area contributed by atoms with E-state index in [9.17, 15) is 9.59 Å². The van der Waals surface area contributed by atoms with Gasteiger partial charge in [-0.1, -0.05) is 47.5 Å². The second kappa shape index (κ2) is 14.0. The van der Waals surface area contributed by atoms with Crippen LogP contribution in [-0.4, -0.2) is 18.5 Å². The van der Waals surface area contributed by atoms with E-state index in [2.05, 4.69) is 21.2 Å². The quantitative estimate of drug-likeness (QED) is 0.107. The molecule has 0 fully saturated rings. The summed E-state index contributed by atoms with van der Waals surface area (Å²) in [5, 5.41) is 3.53. The molecule has 0 spiro atoms. The molecule has 4 aromatic carbocycles. The minimum Gasteiger partial charge on any atom is -0.490 e. The Bertz CT molecular complexity index is 1580. The third-order valence-electron chi connectivity index (χ3n) is 6.04. The van der Waals surface area contributed by atoms with E-state index in [1.165, 1.54) is 6.08 Å². The SMILES string of the molecule is CCOc1cc(/C=C/C(=O)Oc2ccc(C(=O)Nc3ccc(C)cc3C)cc2)cc(Br)c1OCc1ccccc1Cl. The van der Waals surface area contributed by atoms with Crippen molar-refractivity contribution in [2.24, 2.45) is 0 Å². The molecule has 0 aromatic heterocycles. The highest BCUT2D eigenvalue weighted by atomic mass is 79.9. The van der Waals surface area contributed by atoms with Gasteiger partial charge in [-0.15, -0.1) is 0 Å². The molecule has 1 N–H and O–H groups in total. The van der Waals surface area contributed by atoms with Crippen molar-refractivity contribution in [3.63, 3.8) is 0 Å². The van der Waals surface area contributed by atoms with Crippen molar-refractivity contribution in [1.29, 1.82) is 0 Å². The minimum atomic E-state index is -0.564. The van der Waals surface area contributed by atoms with Crippen molar-refractivity contribution in [2.75, 3.05) is 11.9 Å². The van der Waals surface area contributed by atoms with Gasteiger partial charge in [-0.2, -0.15) is 0 Å². The van der Waals surface area contributed by atoms with Crippen LogP contribution in [0.1, 0.15) is 39.5 Å². The fourth-order valence-electron chi connectivity index (χ4n) is 3.99. The minimum absolute atomic E-state index is 0.246. The molecule has 1 amide bonds. The molecular weight excluding hydrogens is 606 g/mol. The maximum atomic E-state index is 12.6. The Kier molecular flexibility index (Phi) is 10.2. The highest BCUT2D eigenvalue weighted by molar-refractivity contribution is 9.10. The summed E-state index contributed by atoms with van der Waals surface area (Å²) in [4.78, 5) is 25.1. The molecule has 0 bridgehead atoms. The molecule has 0 saturated carbocycles. The van der Waals surface area contributed by atoms with E-state index >= 15 is 0 Å². The third kappa shape index (κ3) is 8.22. The van der Waals surface area contributed by atoms with Crippen LogP contribution in [0.5, 0.6) is 17.2 Å². The summed E-state index contributed by atoms with van der Waals surface area (Å²) >= 11 is 9.80. The van der Waals surface area contributed by atoms with Gasteiger partial charge >= 0.3 is 5.97 Å². The third-order valence-corrected chi connectivity index (χ3v) is 7.00. The fraction of sp³-hybridized carbons (Fsp3) is 0.152. The lowest BCUT2D eigenvalue weighted by atomic mass is 10.1. The van der Waals surface area contributed by atoms with Crippen LogP contribution in [0, 0.1) is 13.8 Å². The average Bonchev–Trinajstić information content (AvgIpc) is 2.94. The molecule has 4 rings (SSSR count). The molecule has 0 unspecified atom stereocenters. The van der Waals surface area contributed by atoms with Gasteiger partial charge in [0.15, 0.2) is 11.5 Å². The fourth-order valence-corrected chi connectivity index (χ4v) is 4.75. The molecule has 0 radical (unpaired) electrons. The van der Waals surface area contributed by atoms with E-state index in [0.29, 0.717) is 44.5 Å². The lowest BCUT2D eigenvalue weighted by Gasteiger charge is -2.15. The lowest BCUT2D eigenvalue weighted by molar-refractivity contribution is -0.128. The Morgan fingerprint density at radius 2 is 1.71 bits per heavy atom. The van der Waals surface area contributed by atoms with E-state index in [-0.39, 0.29) is 12.5 Å². The standard InChI is InChI=1S/C33H29BrClNO5/c1-4-39-30-19-23(18-27(34)32(30)40-20-25-7-5-6-8-28(25)35)10-16-31(37)41-26-13-11-24(12-14-26)33(38)36-29-15-9-21(2)17-22(29)3/h5-19H,4,20H2,1-3H3,(H,36,38)/b16-10+. The summed E-state index contributed by atoms with van der Waals surface area (Å²) in [6, 6.07) is 23.3. The molecule has 6 nitrogen and oxygen atoms in total. The summed E-state index contributed by atoms with van der Waals surface area (Å²) in [5.74, 6) is 0.572. The van der Waals surface area contributed by atoms with E-state index < -0.39 is 5.97 Å². The molecule has 0 heterocycles. The molecular formula is C33H29BrClNO5. The Balaban J connectivity index is 1.38. The van der Waals surface area contributed by atoms with Crippen LogP contribution >= 0.6 is 27.5 Å². The summed E-state index contributed by atoms with van der Waals surface area (Å²) in [5.41, 5.74) is 4.87. The average molecular weight is 635 g/mol. The van der Waals surface area contributed by atoms with Crippen LogP contribution in [0.2, 0.25) is 5.02 Å². The molecule has 41 heavy (non-hydrogen) atoms. The van der Waals surface area contributed by atoms with Crippen molar-refractivity contribution in [3.8, 4) is 17.2 Å². The second-order valence-corrected chi connectivity index (χ2v) is 10.5. The van der Waals surface area contributed by atoms with E-state index in [0.717, 1.165) is 22.4 Å². The summed E-state index contributed by atoms with van der Waals surface area (Å²) in [6.07, 6.45) is 2.95. The number of carbonyl (C=O) groups excluding carboxylic acids is 2. The van der Waals surface area contributed by atoms with Gasteiger partial charge in [-0.25, -0.2) is 4.79 Å². The zero-order valence-electron chi connectivity index (χ0n) is 22.9. The van der Waals surface area contributed by atoms with Crippen LogP contribution < -0.4 is 19.5 Å². The Morgan fingerprint density at radius 1 is 0.951 bits per heavy atom. The molecule has 0 saturated heterocycles. The Labute approximate surface area is 253 Å². The Hall–Kier alpha value is -4.07. The van der Waals surface area contributed by atoms with Crippen LogP contribution in [0.25, 0.3) is 6.08 Å². The van der Waals surface area contributed by atoms with Crippen molar-refractivity contribution in [2.45, 2.75) is 27.4 Å². The zero-order chi connectivity index (χ0) is 29.4. The highest BCUT2D eigenvalue weighted by Crippen LogP contribution is 2.38. The number of benzene rings is 4. The second-order valence-electron chi connectivity index (χ2n) is 9.19. The number of carbonyl (C=O) groups is 2. The van der Waals surface area contributed by atoms with Gasteiger partial charge in [0.2, 0.25) is 0 Å². The van der Waals surface area contributed by atoms with Gasteiger partial charge in [0.05, 0.1) is 11.1 Å². The van der Waals surface area contributed by atoms with Gasteiger partial charge < -0.3 is 19.5 Å². The van der Waals surface area contributed by atoms with Crippen LogP contribution in [0.15, 0.2) is 89.4 Å². The van der Waals surface area contributed by atoms with Gasteiger partial charge in [-0.05, 0) is 102 Å². The maximum absolute atomic E-state index is 12.6. The van der Waals surface area contributed by atoms with Gasteiger partial charge in [0.1, 0.15) is 12.4 Å². The van der Waals surface area contributed by atoms with Crippen molar-refractivity contribution < 1.29 is 23.8 Å². The topological polar surface area (TPSA) is 73.9 Å². The van der Waals surface area contributed by atoms with E-state index in [1.807, 2.05) is 69.3 Å². The van der Waals surface area contributed by atoms with E-state index in [4.69, 9.17) is 25.8 Å². The number of rotatable bonds is 10. The largest absolute Gasteiger partial charge is 0.490 e. The first-order valence-corrected chi connectivity index (χ1v) is 14.1. The first-order chi connectivity index (χ1) is 19.7. The summed E-state index contributed by atoms with van der Waals surface area (Å²) in [6.45, 7) is 6.53. The molecule has 0 atom stereocenters. The molecule has 8 heteroatoms. The number of hydrogen-bond acceptors (Lipinski definition) is 5. The van der Waals surface area contributed by atoms with Crippen molar-refractivity contribution in [1.82, 2.24) is 0 Å². The lowest BCUT2D eigenvalue weighted by Crippen LogP contribution is -2.13.